The van der Waals surface area contributed by atoms with Gasteiger partial charge >= 0.3 is 0 Å². The molecule has 0 atom stereocenters. The van der Waals surface area contributed by atoms with Crippen LogP contribution >= 0.6 is 0 Å². The van der Waals surface area contributed by atoms with Crippen LogP contribution in [0.25, 0.3) is 11.6 Å². The van der Waals surface area contributed by atoms with E-state index in [1.54, 1.807) is 0 Å². The van der Waals surface area contributed by atoms with Crippen LogP contribution in [0.2, 0.25) is 0 Å². The zero-order chi connectivity index (χ0) is 9.97. The summed E-state index contributed by atoms with van der Waals surface area (Å²) in [6.45, 7) is 0.0226. The van der Waals surface area contributed by atoms with E-state index in [-0.39, 0.29) is 6.61 Å². The number of nitrogens with zero attached hydrogens (tertiary/aromatic N) is 3. The maximum Gasteiger partial charge on any atom is 0.264 e. The molecule has 0 saturated carbocycles. The third kappa shape index (κ3) is 1.54. The summed E-state index contributed by atoms with van der Waals surface area (Å²) in [4.78, 5) is 0. The molecule has 1 N–H and O–H groups in total. The van der Waals surface area contributed by atoms with Crippen molar-refractivity contribution in [3.63, 3.8) is 0 Å². The van der Waals surface area contributed by atoms with Crippen molar-refractivity contribution < 1.29 is 9.52 Å². The lowest BCUT2D eigenvalue weighted by atomic mass is 10.4. The Hall–Kier alpha value is -1.62. The minimum absolute atomic E-state index is 0.0226. The van der Waals surface area contributed by atoms with Crippen molar-refractivity contribution in [1.82, 2.24) is 14.8 Å². The largest absolute Gasteiger partial charge is 0.419 e. The molecule has 14 heavy (non-hydrogen) atoms. The average Bonchev–Trinajstić information content (AvgIpc) is 2.74. The van der Waals surface area contributed by atoms with Crippen LogP contribution in [0.1, 0.15) is 5.89 Å². The van der Waals surface area contributed by atoms with E-state index in [0.717, 1.165) is 5.69 Å². The maximum atomic E-state index is 8.68. The number of aryl methyl sites for hydroxylation is 1. The summed E-state index contributed by atoms with van der Waals surface area (Å²) in [5.74, 6) is 0.949. The van der Waals surface area contributed by atoms with E-state index in [4.69, 9.17) is 9.52 Å². The van der Waals surface area contributed by atoms with Crippen molar-refractivity contribution in [2.45, 2.75) is 6.42 Å². The number of hydrogen-bond donors (Lipinski definition) is 1. The van der Waals surface area contributed by atoms with Gasteiger partial charge in [0.15, 0.2) is 0 Å². The van der Waals surface area contributed by atoms with Crippen LogP contribution < -0.4 is 0 Å². The monoisotopic (exact) mass is 193 g/mol. The highest BCUT2D eigenvalue weighted by molar-refractivity contribution is 5.47. The first-order valence-corrected chi connectivity index (χ1v) is 4.36. The van der Waals surface area contributed by atoms with Gasteiger partial charge in [-0.2, -0.15) is 0 Å². The molecule has 0 aromatic carbocycles. The Balaban J connectivity index is 2.29. The fourth-order valence-corrected chi connectivity index (χ4v) is 1.24. The van der Waals surface area contributed by atoms with Crippen LogP contribution in [0.5, 0.6) is 0 Å². The summed E-state index contributed by atoms with van der Waals surface area (Å²) >= 11 is 0. The summed E-state index contributed by atoms with van der Waals surface area (Å²) < 4.78 is 7.25. The van der Waals surface area contributed by atoms with Gasteiger partial charge in [-0.05, 0) is 12.1 Å². The van der Waals surface area contributed by atoms with Crippen molar-refractivity contribution in [3.8, 4) is 11.6 Å². The third-order valence-corrected chi connectivity index (χ3v) is 1.96. The summed E-state index contributed by atoms with van der Waals surface area (Å²) in [6, 6.07) is 3.81. The summed E-state index contributed by atoms with van der Waals surface area (Å²) in [5, 5.41) is 16.4. The van der Waals surface area contributed by atoms with Gasteiger partial charge in [0.2, 0.25) is 5.89 Å². The van der Waals surface area contributed by atoms with Gasteiger partial charge in [0.05, 0.1) is 6.61 Å². The Labute approximate surface area is 81.0 Å². The van der Waals surface area contributed by atoms with Crippen molar-refractivity contribution in [3.05, 3.63) is 24.2 Å². The zero-order valence-corrected chi connectivity index (χ0v) is 7.84. The van der Waals surface area contributed by atoms with E-state index in [9.17, 15) is 0 Å². The number of aliphatic hydroxyl groups is 1. The lowest BCUT2D eigenvalue weighted by Crippen LogP contribution is -1.89. The minimum Gasteiger partial charge on any atom is -0.419 e. The second-order valence-corrected chi connectivity index (χ2v) is 2.98. The van der Waals surface area contributed by atoms with Gasteiger partial charge in [-0.3, -0.25) is 0 Å². The Morgan fingerprint density at radius 1 is 1.50 bits per heavy atom. The lowest BCUT2D eigenvalue weighted by Gasteiger charge is -1.95. The SMILES string of the molecule is Cn1cccc1-c1nnc(CCO)o1. The molecule has 0 spiro atoms. The quantitative estimate of drug-likeness (QED) is 0.775. The molecule has 2 rings (SSSR count). The molecule has 2 heterocycles. The fourth-order valence-electron chi connectivity index (χ4n) is 1.24. The molecule has 0 amide bonds. The molecule has 74 valence electrons. The van der Waals surface area contributed by atoms with Crippen LogP contribution in [0, 0.1) is 0 Å². The molecule has 0 radical (unpaired) electrons. The highest BCUT2D eigenvalue weighted by Crippen LogP contribution is 2.17. The fraction of sp³-hybridized carbons (Fsp3) is 0.333. The van der Waals surface area contributed by atoms with Crippen molar-refractivity contribution >= 4 is 0 Å². The van der Waals surface area contributed by atoms with E-state index < -0.39 is 0 Å². The highest BCUT2D eigenvalue weighted by Gasteiger charge is 2.09. The van der Waals surface area contributed by atoms with Crippen molar-refractivity contribution in [2.24, 2.45) is 7.05 Å². The first kappa shape index (κ1) is 8.96. The van der Waals surface area contributed by atoms with Gasteiger partial charge in [0, 0.05) is 19.7 Å². The standard InChI is InChI=1S/C9H11N3O2/c1-12-5-2-3-7(12)9-11-10-8(14-9)4-6-13/h2-3,5,13H,4,6H2,1H3. The number of aliphatic hydroxyl groups excluding tert-OH is 1. The van der Waals surface area contributed by atoms with E-state index in [0.29, 0.717) is 18.2 Å². The summed E-state index contributed by atoms with van der Waals surface area (Å²) in [7, 11) is 1.91. The molecule has 2 aromatic heterocycles. The van der Waals surface area contributed by atoms with Crippen molar-refractivity contribution in [1.29, 1.82) is 0 Å². The predicted octanol–water partition coefficient (Wildman–Crippen LogP) is 0.610. The topological polar surface area (TPSA) is 64.1 Å². The molecular formula is C9H11N3O2. The maximum absolute atomic E-state index is 8.68. The average molecular weight is 193 g/mol. The third-order valence-electron chi connectivity index (χ3n) is 1.96. The number of rotatable bonds is 3. The lowest BCUT2D eigenvalue weighted by molar-refractivity contribution is 0.285. The van der Waals surface area contributed by atoms with Crippen molar-refractivity contribution in [2.75, 3.05) is 6.61 Å². The molecule has 0 aliphatic heterocycles. The first-order chi connectivity index (χ1) is 6.81. The minimum atomic E-state index is 0.0226. The van der Waals surface area contributed by atoms with E-state index in [2.05, 4.69) is 10.2 Å². The predicted molar refractivity (Wildman–Crippen MR) is 49.5 cm³/mol. The Morgan fingerprint density at radius 2 is 2.36 bits per heavy atom. The second-order valence-electron chi connectivity index (χ2n) is 2.98. The zero-order valence-electron chi connectivity index (χ0n) is 7.84. The van der Waals surface area contributed by atoms with E-state index in [1.165, 1.54) is 0 Å². The molecule has 5 heteroatoms. The number of hydrogen-bond acceptors (Lipinski definition) is 4. The van der Waals surface area contributed by atoms with Gasteiger partial charge in [0.25, 0.3) is 5.89 Å². The molecule has 0 unspecified atom stereocenters. The molecule has 0 bridgehead atoms. The van der Waals surface area contributed by atoms with Gasteiger partial charge in [-0.15, -0.1) is 10.2 Å². The highest BCUT2D eigenvalue weighted by atomic mass is 16.4. The van der Waals surface area contributed by atoms with Gasteiger partial charge in [-0.25, -0.2) is 0 Å². The summed E-state index contributed by atoms with van der Waals surface area (Å²) in [6.07, 6.45) is 2.31. The normalized spacial score (nSPS) is 10.7. The first-order valence-electron chi connectivity index (χ1n) is 4.36. The molecule has 0 aliphatic rings. The van der Waals surface area contributed by atoms with Crippen LogP contribution in [0.4, 0.5) is 0 Å². The molecule has 0 aliphatic carbocycles. The molecular weight excluding hydrogens is 182 g/mol. The van der Waals surface area contributed by atoms with Crippen LogP contribution in [0.15, 0.2) is 22.7 Å². The second kappa shape index (κ2) is 3.63. The molecule has 5 nitrogen and oxygen atoms in total. The van der Waals surface area contributed by atoms with E-state index in [1.807, 2.05) is 29.9 Å². The summed E-state index contributed by atoms with van der Waals surface area (Å²) in [5.41, 5.74) is 0.877. The van der Waals surface area contributed by atoms with Crippen LogP contribution in [-0.4, -0.2) is 26.5 Å². The van der Waals surface area contributed by atoms with Crippen LogP contribution in [0.3, 0.4) is 0 Å². The smallest absolute Gasteiger partial charge is 0.264 e. The van der Waals surface area contributed by atoms with Gasteiger partial charge < -0.3 is 14.1 Å². The molecule has 0 fully saturated rings. The Kier molecular flexibility index (Phi) is 2.32. The number of aromatic nitrogens is 3. The van der Waals surface area contributed by atoms with E-state index >= 15 is 0 Å². The molecule has 2 aromatic rings. The Bertz CT molecular complexity index is 419. The van der Waals surface area contributed by atoms with Crippen LogP contribution in [-0.2, 0) is 13.5 Å². The van der Waals surface area contributed by atoms with Gasteiger partial charge in [0.1, 0.15) is 5.69 Å². The Morgan fingerprint density at radius 3 is 3.00 bits per heavy atom. The molecule has 0 saturated heterocycles. The van der Waals surface area contributed by atoms with Gasteiger partial charge in [-0.1, -0.05) is 0 Å².